The molecule has 0 aliphatic rings. The highest BCUT2D eigenvalue weighted by Gasteiger charge is 2.17. The minimum Gasteiger partial charge on any atom is -0.292 e. The van der Waals surface area contributed by atoms with Crippen LogP contribution in [0.1, 0.15) is 76.5 Å². The van der Waals surface area contributed by atoms with Crippen molar-refractivity contribution in [1.82, 2.24) is 4.98 Å². The second-order valence-electron chi connectivity index (χ2n) is 4.05. The van der Waals surface area contributed by atoms with E-state index in [9.17, 15) is 4.79 Å². The normalized spacial score (nSPS) is 10.5. The van der Waals surface area contributed by atoms with Crippen LogP contribution in [-0.4, -0.2) is 10.8 Å². The Morgan fingerprint density at radius 3 is 2.16 bits per heavy atom. The van der Waals surface area contributed by atoms with E-state index in [1.54, 1.807) is 6.20 Å². The molecule has 0 spiro atoms. The zero-order valence-electron chi connectivity index (χ0n) is 14.0. The van der Waals surface area contributed by atoms with Gasteiger partial charge in [-0.05, 0) is 30.9 Å². The summed E-state index contributed by atoms with van der Waals surface area (Å²) >= 11 is 0. The summed E-state index contributed by atoms with van der Waals surface area (Å²) < 4.78 is 0. The van der Waals surface area contributed by atoms with Crippen LogP contribution in [0.3, 0.4) is 0 Å². The lowest BCUT2D eigenvalue weighted by atomic mass is 9.96. The van der Waals surface area contributed by atoms with Crippen LogP contribution in [0.4, 0.5) is 0 Å². The summed E-state index contributed by atoms with van der Waals surface area (Å²) in [5.41, 5.74) is 2.85. The molecule has 1 aromatic rings. The number of hydrogen-bond donors (Lipinski definition) is 0. The number of rotatable bonds is 4. The Balaban J connectivity index is 0. The third-order valence-electron chi connectivity index (χ3n) is 2.78. The molecule has 1 heterocycles. The van der Waals surface area contributed by atoms with Crippen LogP contribution in [0, 0.1) is 12.8 Å². The van der Waals surface area contributed by atoms with Gasteiger partial charge in [0.2, 0.25) is 0 Å². The summed E-state index contributed by atoms with van der Waals surface area (Å²) in [6.07, 6.45) is 3.51. The number of aryl methyl sites for hydroxylation is 2. The molecule has 0 fully saturated rings. The van der Waals surface area contributed by atoms with E-state index in [4.69, 9.17) is 0 Å². The Labute approximate surface area is 119 Å². The van der Waals surface area contributed by atoms with Gasteiger partial charge in [-0.25, -0.2) is 0 Å². The predicted octanol–water partition coefficient (Wildman–Crippen LogP) is 5.23. The highest BCUT2D eigenvalue weighted by molar-refractivity contribution is 5.97. The molecular formula is C17H31NO. The van der Waals surface area contributed by atoms with Crippen LogP contribution in [0.15, 0.2) is 12.3 Å². The van der Waals surface area contributed by atoms with Crippen molar-refractivity contribution in [1.29, 1.82) is 0 Å². The number of carbonyl (C=O) groups is 1. The van der Waals surface area contributed by atoms with Crippen molar-refractivity contribution >= 4 is 5.78 Å². The monoisotopic (exact) mass is 265 g/mol. The number of carbonyl (C=O) groups excluding carboxylic acids is 1. The number of Topliss-reactive ketones (excluding diaryl/α,β-unsaturated/α-hetero) is 1. The van der Waals surface area contributed by atoms with Gasteiger partial charge in [-0.2, -0.15) is 0 Å². The van der Waals surface area contributed by atoms with E-state index in [1.165, 1.54) is 0 Å². The molecule has 2 heteroatoms. The molecule has 0 aliphatic carbocycles. The first-order valence-corrected chi connectivity index (χ1v) is 7.59. The minimum atomic E-state index is 0.0745. The number of aromatic nitrogens is 1. The summed E-state index contributed by atoms with van der Waals surface area (Å²) in [7, 11) is 0. The van der Waals surface area contributed by atoms with E-state index in [2.05, 4.69) is 18.0 Å². The van der Waals surface area contributed by atoms with E-state index in [-0.39, 0.29) is 11.7 Å². The molecule has 0 saturated heterocycles. The molecule has 0 bridgehead atoms. The van der Waals surface area contributed by atoms with Gasteiger partial charge in [-0.1, -0.05) is 54.5 Å². The molecule has 1 rings (SSSR count). The first kappa shape index (κ1) is 20.1. The maximum Gasteiger partial charge on any atom is 0.184 e. The van der Waals surface area contributed by atoms with Crippen molar-refractivity contribution in [2.75, 3.05) is 0 Å². The van der Waals surface area contributed by atoms with Crippen LogP contribution in [0.25, 0.3) is 0 Å². The predicted molar refractivity (Wildman–Crippen MR) is 84.8 cm³/mol. The number of nitrogens with zero attached hydrogens (tertiary/aromatic N) is 1. The Hall–Kier alpha value is -1.18. The maximum atomic E-state index is 12.0. The molecule has 0 saturated carbocycles. The van der Waals surface area contributed by atoms with Crippen molar-refractivity contribution in [3.05, 3.63) is 29.1 Å². The fourth-order valence-corrected chi connectivity index (χ4v) is 1.54. The van der Waals surface area contributed by atoms with Crippen LogP contribution in [-0.2, 0) is 6.42 Å². The van der Waals surface area contributed by atoms with Gasteiger partial charge in [-0.15, -0.1) is 0 Å². The molecule has 0 aliphatic heterocycles. The molecule has 19 heavy (non-hydrogen) atoms. The zero-order valence-corrected chi connectivity index (χ0v) is 14.0. The SMILES string of the molecule is CC.CC.CCc1cc(C)cnc1C(=O)C(C)CC. The number of ketones is 1. The van der Waals surface area contributed by atoms with E-state index in [1.807, 2.05) is 48.5 Å². The molecule has 0 aromatic carbocycles. The summed E-state index contributed by atoms with van der Waals surface area (Å²) in [4.78, 5) is 16.3. The average Bonchev–Trinajstić information content (AvgIpc) is 2.49. The van der Waals surface area contributed by atoms with Gasteiger partial charge in [-0.3, -0.25) is 9.78 Å². The maximum absolute atomic E-state index is 12.0. The average molecular weight is 265 g/mol. The topological polar surface area (TPSA) is 30.0 Å². The number of pyridine rings is 1. The third-order valence-corrected chi connectivity index (χ3v) is 2.78. The van der Waals surface area contributed by atoms with E-state index in [0.717, 1.165) is 24.0 Å². The van der Waals surface area contributed by atoms with Gasteiger partial charge < -0.3 is 0 Å². The smallest absolute Gasteiger partial charge is 0.184 e. The first-order valence-electron chi connectivity index (χ1n) is 7.59. The molecule has 2 nitrogen and oxygen atoms in total. The standard InChI is InChI=1S/C13H19NO.2C2H6/c1-5-10(4)13(15)12-11(6-2)7-9(3)8-14-12;2*1-2/h7-8,10H,5-6H2,1-4H3;2*1-2H3. The molecule has 0 N–H and O–H groups in total. The van der Waals surface area contributed by atoms with E-state index in [0.29, 0.717) is 5.69 Å². The largest absolute Gasteiger partial charge is 0.292 e. The van der Waals surface area contributed by atoms with Gasteiger partial charge in [0.05, 0.1) is 0 Å². The highest BCUT2D eigenvalue weighted by Crippen LogP contribution is 2.15. The van der Waals surface area contributed by atoms with Crippen molar-refractivity contribution in [3.63, 3.8) is 0 Å². The van der Waals surface area contributed by atoms with Gasteiger partial charge in [0.15, 0.2) is 5.78 Å². The summed E-state index contributed by atoms with van der Waals surface area (Å²) in [5.74, 6) is 0.250. The lowest BCUT2D eigenvalue weighted by Crippen LogP contribution is -2.14. The second-order valence-corrected chi connectivity index (χ2v) is 4.05. The number of hydrogen-bond acceptors (Lipinski definition) is 2. The summed E-state index contributed by atoms with van der Waals surface area (Å²) in [5, 5.41) is 0. The van der Waals surface area contributed by atoms with Crippen LogP contribution < -0.4 is 0 Å². The lowest BCUT2D eigenvalue weighted by molar-refractivity contribution is 0.0921. The molecule has 110 valence electrons. The molecule has 1 aromatic heterocycles. The Kier molecular flexibility index (Phi) is 12.6. The third kappa shape index (κ3) is 6.51. The summed E-state index contributed by atoms with van der Waals surface area (Å²) in [6, 6.07) is 2.06. The quantitative estimate of drug-likeness (QED) is 0.697. The Morgan fingerprint density at radius 1 is 1.21 bits per heavy atom. The van der Waals surface area contributed by atoms with E-state index < -0.39 is 0 Å². The first-order chi connectivity index (χ1) is 9.10. The van der Waals surface area contributed by atoms with Gasteiger partial charge in [0.1, 0.15) is 5.69 Å². The highest BCUT2D eigenvalue weighted by atomic mass is 16.1. The Morgan fingerprint density at radius 2 is 1.74 bits per heavy atom. The van der Waals surface area contributed by atoms with Gasteiger partial charge in [0, 0.05) is 12.1 Å². The second kappa shape index (κ2) is 11.9. The van der Waals surface area contributed by atoms with Crippen molar-refractivity contribution in [2.45, 2.75) is 68.2 Å². The minimum absolute atomic E-state index is 0.0745. The van der Waals surface area contributed by atoms with Crippen LogP contribution >= 0.6 is 0 Å². The van der Waals surface area contributed by atoms with Gasteiger partial charge >= 0.3 is 0 Å². The molecule has 1 unspecified atom stereocenters. The van der Waals surface area contributed by atoms with Crippen LogP contribution in [0.2, 0.25) is 0 Å². The fraction of sp³-hybridized carbons (Fsp3) is 0.647. The molecular weight excluding hydrogens is 234 g/mol. The van der Waals surface area contributed by atoms with E-state index >= 15 is 0 Å². The lowest BCUT2D eigenvalue weighted by Gasteiger charge is -2.10. The Bertz CT molecular complexity index is 358. The zero-order chi connectivity index (χ0) is 15.4. The van der Waals surface area contributed by atoms with Crippen molar-refractivity contribution < 1.29 is 4.79 Å². The van der Waals surface area contributed by atoms with Crippen molar-refractivity contribution in [3.8, 4) is 0 Å². The fourth-order valence-electron chi connectivity index (χ4n) is 1.54. The molecule has 0 amide bonds. The van der Waals surface area contributed by atoms with Crippen LogP contribution in [0.5, 0.6) is 0 Å². The summed E-state index contributed by atoms with van der Waals surface area (Å²) in [6.45, 7) is 16.1. The van der Waals surface area contributed by atoms with Gasteiger partial charge in [0.25, 0.3) is 0 Å². The molecule has 1 atom stereocenters. The van der Waals surface area contributed by atoms with Crippen molar-refractivity contribution in [2.24, 2.45) is 5.92 Å². The molecule has 0 radical (unpaired) electrons.